The van der Waals surface area contributed by atoms with Crippen LogP contribution in [0.4, 0.5) is 5.69 Å². The quantitative estimate of drug-likeness (QED) is 0.692. The molecule has 1 rings (SSSR count). The largest absolute Gasteiger partial charge is 0.489 e. The van der Waals surface area contributed by atoms with Gasteiger partial charge in [-0.05, 0) is 31.5 Å². The summed E-state index contributed by atoms with van der Waals surface area (Å²) >= 11 is 0. The van der Waals surface area contributed by atoms with Crippen molar-refractivity contribution < 1.29 is 9.84 Å². The van der Waals surface area contributed by atoms with Gasteiger partial charge in [0, 0.05) is 0 Å². The molecule has 0 fully saturated rings. The molecule has 0 saturated carbocycles. The number of nitrogens with two attached hydrogens (primary N) is 1. The highest BCUT2D eigenvalue weighted by molar-refractivity contribution is 5.53. The van der Waals surface area contributed by atoms with Crippen molar-refractivity contribution in [1.82, 2.24) is 0 Å². The highest BCUT2D eigenvalue weighted by Crippen LogP contribution is 2.21. The second-order valence-electron chi connectivity index (χ2n) is 3.20. The molecule has 0 aromatic heterocycles. The van der Waals surface area contributed by atoms with Gasteiger partial charge in [-0.2, -0.15) is 0 Å². The van der Waals surface area contributed by atoms with Gasteiger partial charge in [0.2, 0.25) is 0 Å². The third-order valence-corrected chi connectivity index (χ3v) is 1.65. The molecule has 13 heavy (non-hydrogen) atoms. The number of anilines is 1. The van der Waals surface area contributed by atoms with Gasteiger partial charge < -0.3 is 15.6 Å². The van der Waals surface area contributed by atoms with E-state index in [4.69, 9.17) is 15.6 Å². The second-order valence-corrected chi connectivity index (χ2v) is 3.20. The Morgan fingerprint density at radius 1 is 1.54 bits per heavy atom. The molecule has 72 valence electrons. The van der Waals surface area contributed by atoms with Crippen molar-refractivity contribution in [3.8, 4) is 5.75 Å². The average molecular weight is 181 g/mol. The molecular formula is C10H15NO2. The molecule has 3 heteroatoms. The zero-order chi connectivity index (χ0) is 9.84. The molecule has 0 saturated heterocycles. The zero-order valence-electron chi connectivity index (χ0n) is 7.95. The maximum absolute atomic E-state index is 8.99. The molecule has 1 aromatic carbocycles. The average Bonchev–Trinajstić information content (AvgIpc) is 2.02. The summed E-state index contributed by atoms with van der Waals surface area (Å²) in [7, 11) is 0. The minimum Gasteiger partial charge on any atom is -0.489 e. The summed E-state index contributed by atoms with van der Waals surface area (Å²) in [4.78, 5) is 0. The van der Waals surface area contributed by atoms with Gasteiger partial charge in [0.05, 0.1) is 11.8 Å². The second kappa shape index (κ2) is 4.14. The van der Waals surface area contributed by atoms with E-state index in [9.17, 15) is 0 Å². The van der Waals surface area contributed by atoms with E-state index >= 15 is 0 Å². The number of aliphatic hydroxyl groups excluding tert-OH is 1. The highest BCUT2D eigenvalue weighted by Gasteiger charge is 2.01. The van der Waals surface area contributed by atoms with E-state index in [1.165, 1.54) is 0 Å². The summed E-state index contributed by atoms with van der Waals surface area (Å²) in [5, 5.41) is 8.99. The summed E-state index contributed by atoms with van der Waals surface area (Å²) in [5.74, 6) is 0.631. The van der Waals surface area contributed by atoms with Crippen LogP contribution in [-0.2, 0) is 0 Å². The predicted octanol–water partition coefficient (Wildman–Crippen LogP) is 1.34. The van der Waals surface area contributed by atoms with Crippen LogP contribution in [0, 0.1) is 6.92 Å². The lowest BCUT2D eigenvalue weighted by atomic mass is 10.2. The molecule has 3 N–H and O–H groups in total. The molecule has 1 atom stereocenters. The van der Waals surface area contributed by atoms with Gasteiger partial charge in [0.25, 0.3) is 0 Å². The maximum atomic E-state index is 8.99. The van der Waals surface area contributed by atoms with Crippen molar-refractivity contribution in [3.63, 3.8) is 0 Å². The molecule has 0 heterocycles. The predicted molar refractivity (Wildman–Crippen MR) is 52.8 cm³/mol. The highest BCUT2D eigenvalue weighted by atomic mass is 16.5. The van der Waals surface area contributed by atoms with Crippen molar-refractivity contribution in [1.29, 1.82) is 0 Å². The summed E-state index contributed by atoms with van der Waals surface area (Å²) < 4.78 is 5.28. The lowest BCUT2D eigenvalue weighted by Crippen LogP contribution is -2.13. The number of nitrogen functional groups attached to an aromatic ring is 1. The monoisotopic (exact) mass is 181 g/mol. The topological polar surface area (TPSA) is 55.5 Å². The zero-order valence-corrected chi connectivity index (χ0v) is 7.95. The number of benzene rings is 1. The Labute approximate surface area is 78.1 Å². The lowest BCUT2D eigenvalue weighted by Gasteiger charge is -2.10. The van der Waals surface area contributed by atoms with E-state index in [2.05, 4.69) is 0 Å². The van der Waals surface area contributed by atoms with Gasteiger partial charge in [-0.3, -0.25) is 0 Å². The summed E-state index contributed by atoms with van der Waals surface area (Å²) in [6.07, 6.45) is -0.472. The molecule has 0 amide bonds. The van der Waals surface area contributed by atoms with Crippen molar-refractivity contribution in [2.75, 3.05) is 12.3 Å². The normalized spacial score (nSPS) is 12.5. The Kier molecular flexibility index (Phi) is 3.14. The van der Waals surface area contributed by atoms with Crippen molar-refractivity contribution in [3.05, 3.63) is 23.8 Å². The van der Waals surface area contributed by atoms with Crippen molar-refractivity contribution in [2.24, 2.45) is 0 Å². The molecule has 0 spiro atoms. The first kappa shape index (κ1) is 9.86. The Hall–Kier alpha value is -1.22. The Morgan fingerprint density at radius 2 is 2.23 bits per heavy atom. The molecule has 0 radical (unpaired) electrons. The Morgan fingerprint density at radius 3 is 2.77 bits per heavy atom. The minimum absolute atomic E-state index is 0.271. The van der Waals surface area contributed by atoms with E-state index in [0.717, 1.165) is 5.56 Å². The number of aryl methyl sites for hydroxylation is 1. The maximum Gasteiger partial charge on any atom is 0.142 e. The van der Waals surface area contributed by atoms with Gasteiger partial charge in [-0.1, -0.05) is 6.07 Å². The third kappa shape index (κ3) is 2.95. The first-order chi connectivity index (χ1) is 6.09. The van der Waals surface area contributed by atoms with Crippen LogP contribution in [0.5, 0.6) is 5.75 Å². The number of hydrogen-bond acceptors (Lipinski definition) is 3. The van der Waals surface area contributed by atoms with E-state index in [1.54, 1.807) is 6.92 Å². The first-order valence-corrected chi connectivity index (χ1v) is 4.26. The molecule has 3 nitrogen and oxygen atoms in total. The summed E-state index contributed by atoms with van der Waals surface area (Å²) in [6.45, 7) is 3.91. The molecular weight excluding hydrogens is 166 g/mol. The molecule has 1 unspecified atom stereocenters. The van der Waals surface area contributed by atoms with Crippen LogP contribution in [0.15, 0.2) is 18.2 Å². The van der Waals surface area contributed by atoms with E-state index in [1.807, 2.05) is 25.1 Å². The van der Waals surface area contributed by atoms with Gasteiger partial charge in [0.1, 0.15) is 12.4 Å². The van der Waals surface area contributed by atoms with Gasteiger partial charge in [-0.15, -0.1) is 0 Å². The van der Waals surface area contributed by atoms with E-state index in [0.29, 0.717) is 11.4 Å². The molecule has 0 aliphatic carbocycles. The standard InChI is InChI=1S/C10H15NO2/c1-7-3-4-10(9(11)5-7)13-6-8(2)12/h3-5,8,12H,6,11H2,1-2H3. The lowest BCUT2D eigenvalue weighted by molar-refractivity contribution is 0.123. The van der Waals surface area contributed by atoms with Crippen LogP contribution in [0.25, 0.3) is 0 Å². The number of aliphatic hydroxyl groups is 1. The van der Waals surface area contributed by atoms with Gasteiger partial charge in [-0.25, -0.2) is 0 Å². The number of rotatable bonds is 3. The van der Waals surface area contributed by atoms with Crippen LogP contribution in [-0.4, -0.2) is 17.8 Å². The first-order valence-electron chi connectivity index (χ1n) is 4.26. The van der Waals surface area contributed by atoms with Crippen LogP contribution in [0.2, 0.25) is 0 Å². The molecule has 0 aliphatic rings. The molecule has 0 bridgehead atoms. The van der Waals surface area contributed by atoms with E-state index < -0.39 is 6.10 Å². The van der Waals surface area contributed by atoms with Gasteiger partial charge in [0.15, 0.2) is 0 Å². The van der Waals surface area contributed by atoms with Crippen LogP contribution in [0.1, 0.15) is 12.5 Å². The van der Waals surface area contributed by atoms with Gasteiger partial charge >= 0.3 is 0 Å². The fourth-order valence-electron chi connectivity index (χ4n) is 1.01. The smallest absolute Gasteiger partial charge is 0.142 e. The molecule has 0 aliphatic heterocycles. The van der Waals surface area contributed by atoms with Crippen LogP contribution < -0.4 is 10.5 Å². The summed E-state index contributed by atoms with van der Waals surface area (Å²) in [5.41, 5.74) is 7.41. The SMILES string of the molecule is Cc1ccc(OCC(C)O)c(N)c1. The molecule has 1 aromatic rings. The number of ether oxygens (including phenoxy) is 1. The Bertz CT molecular complexity index is 284. The van der Waals surface area contributed by atoms with Crippen LogP contribution >= 0.6 is 0 Å². The van der Waals surface area contributed by atoms with Crippen molar-refractivity contribution >= 4 is 5.69 Å². The Balaban J connectivity index is 2.67. The third-order valence-electron chi connectivity index (χ3n) is 1.65. The number of hydrogen-bond donors (Lipinski definition) is 2. The van der Waals surface area contributed by atoms with Crippen molar-refractivity contribution in [2.45, 2.75) is 20.0 Å². The summed E-state index contributed by atoms with van der Waals surface area (Å²) in [6, 6.07) is 5.58. The van der Waals surface area contributed by atoms with E-state index in [-0.39, 0.29) is 6.61 Å². The fourth-order valence-corrected chi connectivity index (χ4v) is 1.01. The fraction of sp³-hybridized carbons (Fsp3) is 0.400. The minimum atomic E-state index is -0.472. The van der Waals surface area contributed by atoms with Crippen LogP contribution in [0.3, 0.4) is 0 Å².